The van der Waals surface area contributed by atoms with Gasteiger partial charge in [0.25, 0.3) is 0 Å². The average molecular weight is 347 g/mol. The number of hydrogen-bond acceptors (Lipinski definition) is 6. The number of benzene rings is 1. The molecule has 2 aromatic rings. The van der Waals surface area contributed by atoms with Crippen LogP contribution in [0.5, 0.6) is 0 Å². The molecule has 2 rings (SSSR count). The summed E-state index contributed by atoms with van der Waals surface area (Å²) in [5, 5.41) is 13.1. The van der Waals surface area contributed by atoms with Crippen LogP contribution in [0, 0.1) is 10.1 Å². The van der Waals surface area contributed by atoms with Gasteiger partial charge in [0.1, 0.15) is 4.92 Å². The normalized spacial score (nSPS) is 9.72. The first-order chi connectivity index (χ1) is 12.0. The summed E-state index contributed by atoms with van der Waals surface area (Å²) < 4.78 is 4.43. The smallest absolute Gasteiger partial charge is 0.398 e. The topological polar surface area (TPSA) is 88.6 Å². The Morgan fingerprint density at radius 2 is 1.72 bits per heavy atom. The molecule has 1 heterocycles. The zero-order valence-electron chi connectivity index (χ0n) is 14.9. The maximum atomic E-state index is 9.93. The van der Waals surface area contributed by atoms with Crippen molar-refractivity contribution in [1.82, 2.24) is 0 Å². The zero-order chi connectivity index (χ0) is 18.7. The van der Waals surface area contributed by atoms with Gasteiger partial charge in [-0.05, 0) is 43.2 Å². The predicted octanol–water partition coefficient (Wildman–Crippen LogP) is 4.36. The van der Waals surface area contributed by atoms with Crippen molar-refractivity contribution in [3.63, 3.8) is 0 Å². The Hall–Kier alpha value is -2.83. The summed E-state index contributed by atoms with van der Waals surface area (Å²) in [6, 6.07) is 11.0. The van der Waals surface area contributed by atoms with Crippen LogP contribution in [0.15, 0.2) is 40.8 Å². The molecule has 0 atom stereocenters. The quantitative estimate of drug-likeness (QED) is 0.434. The molecule has 136 valence electrons. The van der Waals surface area contributed by atoms with Crippen LogP contribution in [0.2, 0.25) is 0 Å². The summed E-state index contributed by atoms with van der Waals surface area (Å²) in [6.07, 6.45) is 2.81. The number of furan rings is 1. The van der Waals surface area contributed by atoms with E-state index in [9.17, 15) is 14.9 Å². The fraction of sp³-hybridized carbons (Fsp3) is 0.389. The molecule has 1 N–H and O–H groups in total. The van der Waals surface area contributed by atoms with Gasteiger partial charge in [-0.3, -0.25) is 14.9 Å². The van der Waals surface area contributed by atoms with Gasteiger partial charge in [0.05, 0.1) is 6.07 Å². The summed E-state index contributed by atoms with van der Waals surface area (Å²) in [6.45, 7) is 6.74. The second-order valence-corrected chi connectivity index (χ2v) is 5.33. The molecule has 0 spiro atoms. The highest BCUT2D eigenvalue weighted by Crippen LogP contribution is 2.18. The van der Waals surface area contributed by atoms with Crippen molar-refractivity contribution >= 4 is 23.5 Å². The van der Waals surface area contributed by atoms with E-state index in [1.165, 1.54) is 30.3 Å². The third kappa shape index (κ3) is 6.66. The first-order valence-corrected chi connectivity index (χ1v) is 8.27. The average Bonchev–Trinajstić information content (AvgIpc) is 3.12. The third-order valence-corrected chi connectivity index (χ3v) is 3.42. The van der Waals surface area contributed by atoms with Gasteiger partial charge in [-0.15, -0.1) is 0 Å². The number of nitrogens with zero attached hydrogens (tertiary/aromatic N) is 2. The van der Waals surface area contributed by atoms with Crippen LogP contribution in [0.25, 0.3) is 0 Å². The molecule has 0 amide bonds. The van der Waals surface area contributed by atoms with E-state index in [4.69, 9.17) is 0 Å². The van der Waals surface area contributed by atoms with E-state index in [1.807, 2.05) is 7.05 Å². The highest BCUT2D eigenvalue weighted by atomic mass is 16.6. The molecule has 1 aromatic carbocycles. The van der Waals surface area contributed by atoms with Gasteiger partial charge in [-0.2, -0.15) is 0 Å². The molecule has 0 aliphatic rings. The van der Waals surface area contributed by atoms with E-state index in [2.05, 4.69) is 52.7 Å². The molecule has 0 saturated heterocycles. The molecule has 0 saturated carbocycles. The number of anilines is 2. The fourth-order valence-corrected chi connectivity index (χ4v) is 2.25. The highest BCUT2D eigenvalue weighted by molar-refractivity contribution is 5.70. The Balaban J connectivity index is 0.000000271. The molecule has 7 nitrogen and oxygen atoms in total. The van der Waals surface area contributed by atoms with E-state index in [1.54, 1.807) is 0 Å². The van der Waals surface area contributed by atoms with Crippen molar-refractivity contribution in [2.45, 2.75) is 26.7 Å². The first kappa shape index (κ1) is 20.2. The molecule has 0 radical (unpaired) electrons. The monoisotopic (exact) mass is 347 g/mol. The van der Waals surface area contributed by atoms with Crippen LogP contribution >= 0.6 is 0 Å². The van der Waals surface area contributed by atoms with Crippen LogP contribution in [0.3, 0.4) is 0 Å². The summed E-state index contributed by atoms with van der Waals surface area (Å²) in [7, 11) is 1.95. The maximum Gasteiger partial charge on any atom is 0.433 e. The van der Waals surface area contributed by atoms with E-state index >= 15 is 0 Å². The van der Waals surface area contributed by atoms with Crippen molar-refractivity contribution in [1.29, 1.82) is 0 Å². The summed E-state index contributed by atoms with van der Waals surface area (Å²) in [5.74, 6) is -0.450. The van der Waals surface area contributed by atoms with Gasteiger partial charge in [-0.1, -0.05) is 13.8 Å². The Labute approximate surface area is 147 Å². The van der Waals surface area contributed by atoms with Gasteiger partial charge < -0.3 is 14.6 Å². The largest absolute Gasteiger partial charge is 0.433 e. The Morgan fingerprint density at radius 3 is 2.08 bits per heavy atom. The third-order valence-electron chi connectivity index (χ3n) is 3.42. The van der Waals surface area contributed by atoms with Crippen molar-refractivity contribution in [3.8, 4) is 0 Å². The van der Waals surface area contributed by atoms with Crippen molar-refractivity contribution in [3.05, 3.63) is 52.3 Å². The van der Waals surface area contributed by atoms with E-state index in [-0.39, 0.29) is 5.76 Å². The van der Waals surface area contributed by atoms with E-state index in [0.29, 0.717) is 6.29 Å². The Bertz CT molecular complexity index is 647. The van der Waals surface area contributed by atoms with Crippen LogP contribution in [0.1, 0.15) is 37.2 Å². The second-order valence-electron chi connectivity index (χ2n) is 5.33. The van der Waals surface area contributed by atoms with Gasteiger partial charge in [0.15, 0.2) is 12.0 Å². The minimum atomic E-state index is -0.701. The number of carbonyl (C=O) groups is 1. The zero-order valence-corrected chi connectivity index (χ0v) is 14.9. The Kier molecular flexibility index (Phi) is 8.78. The number of carbonyl (C=O) groups excluding carboxylic acids is 1. The maximum absolute atomic E-state index is 9.93. The molecule has 25 heavy (non-hydrogen) atoms. The summed E-state index contributed by atoms with van der Waals surface area (Å²) in [4.78, 5) is 21.6. The molecular weight excluding hydrogens is 322 g/mol. The fourth-order valence-electron chi connectivity index (χ4n) is 2.25. The molecular formula is C18H25N3O4. The van der Waals surface area contributed by atoms with Crippen molar-refractivity contribution in [2.75, 3.05) is 30.4 Å². The van der Waals surface area contributed by atoms with Gasteiger partial charge in [-0.25, -0.2) is 0 Å². The number of nitrogens with one attached hydrogen (secondary N) is 1. The highest BCUT2D eigenvalue weighted by Gasteiger charge is 2.10. The molecule has 7 heteroatoms. The standard InChI is InChI=1S/C13H22N2.C5H3NO4/c1-4-10-15(11-5-2)13-8-6-12(14-3)7-9-13;7-3-4-1-2-5(10-4)6(8)9/h6-9,14H,4-5,10-11H2,1-3H3;1-3H. The lowest BCUT2D eigenvalue weighted by Gasteiger charge is -2.23. The first-order valence-electron chi connectivity index (χ1n) is 8.27. The minimum absolute atomic E-state index is 0.0355. The molecule has 0 unspecified atom stereocenters. The molecule has 1 aromatic heterocycles. The van der Waals surface area contributed by atoms with Crippen LogP contribution in [-0.4, -0.2) is 31.3 Å². The van der Waals surface area contributed by atoms with Gasteiger partial charge in [0.2, 0.25) is 0 Å². The van der Waals surface area contributed by atoms with E-state index in [0.717, 1.165) is 19.2 Å². The number of hydrogen-bond donors (Lipinski definition) is 1. The molecule has 0 fully saturated rings. The van der Waals surface area contributed by atoms with Crippen molar-refractivity contribution < 1.29 is 14.1 Å². The van der Waals surface area contributed by atoms with E-state index < -0.39 is 10.8 Å². The summed E-state index contributed by atoms with van der Waals surface area (Å²) in [5.41, 5.74) is 2.50. The lowest BCUT2D eigenvalue weighted by Crippen LogP contribution is -2.24. The lowest BCUT2D eigenvalue weighted by molar-refractivity contribution is -0.402. The SMILES string of the molecule is CCCN(CCC)c1ccc(NC)cc1.O=Cc1ccc([N+](=O)[O-])o1. The Morgan fingerprint density at radius 1 is 1.12 bits per heavy atom. The molecule has 0 aliphatic heterocycles. The van der Waals surface area contributed by atoms with Gasteiger partial charge in [0, 0.05) is 31.5 Å². The minimum Gasteiger partial charge on any atom is -0.398 e. The molecule has 0 bridgehead atoms. The number of aldehydes is 1. The van der Waals surface area contributed by atoms with Crippen LogP contribution in [0.4, 0.5) is 17.3 Å². The predicted molar refractivity (Wildman–Crippen MR) is 99.5 cm³/mol. The number of rotatable bonds is 8. The molecule has 0 aliphatic carbocycles. The van der Waals surface area contributed by atoms with Crippen molar-refractivity contribution in [2.24, 2.45) is 0 Å². The van der Waals surface area contributed by atoms with Crippen LogP contribution in [-0.2, 0) is 0 Å². The van der Waals surface area contributed by atoms with Crippen LogP contribution < -0.4 is 10.2 Å². The number of nitro groups is 1. The van der Waals surface area contributed by atoms with Gasteiger partial charge >= 0.3 is 5.88 Å². The summed E-state index contributed by atoms with van der Waals surface area (Å²) >= 11 is 0. The second kappa shape index (κ2) is 10.9. The lowest BCUT2D eigenvalue weighted by atomic mass is 10.2.